The van der Waals surface area contributed by atoms with Crippen LogP contribution in [0.15, 0.2) is 47.4 Å². The lowest BCUT2D eigenvalue weighted by molar-refractivity contribution is 0.571. The lowest BCUT2D eigenvalue weighted by atomic mass is 10.2. The van der Waals surface area contributed by atoms with E-state index in [1.54, 1.807) is 18.2 Å². The summed E-state index contributed by atoms with van der Waals surface area (Å²) in [5.41, 5.74) is 6.85. The van der Waals surface area contributed by atoms with Gasteiger partial charge in [0, 0.05) is 11.4 Å². The van der Waals surface area contributed by atoms with Crippen LogP contribution in [-0.2, 0) is 10.0 Å². The molecule has 0 unspecified atom stereocenters. The predicted molar refractivity (Wildman–Crippen MR) is 72.8 cm³/mol. The van der Waals surface area contributed by atoms with Crippen molar-refractivity contribution in [1.29, 1.82) is 0 Å². The zero-order valence-electron chi connectivity index (χ0n) is 10.2. The van der Waals surface area contributed by atoms with Crippen LogP contribution in [0.4, 0.5) is 15.8 Å². The van der Waals surface area contributed by atoms with Gasteiger partial charge in [0.25, 0.3) is 10.0 Å². The molecule has 0 atom stereocenters. The van der Waals surface area contributed by atoms with E-state index in [4.69, 9.17) is 5.73 Å². The molecule has 6 heteroatoms. The van der Waals surface area contributed by atoms with Gasteiger partial charge in [-0.3, -0.25) is 4.72 Å². The highest BCUT2D eigenvalue weighted by Gasteiger charge is 2.19. The molecule has 0 radical (unpaired) electrons. The summed E-state index contributed by atoms with van der Waals surface area (Å²) < 4.78 is 40.1. The number of nitrogen functional groups attached to an aromatic ring is 1. The molecule has 0 saturated carbocycles. The Morgan fingerprint density at radius 1 is 1.16 bits per heavy atom. The molecule has 0 aliphatic rings. The Morgan fingerprint density at radius 3 is 2.53 bits per heavy atom. The monoisotopic (exact) mass is 280 g/mol. The Balaban J connectivity index is 2.38. The highest BCUT2D eigenvalue weighted by molar-refractivity contribution is 7.92. The number of anilines is 2. The maximum Gasteiger partial charge on any atom is 0.264 e. The van der Waals surface area contributed by atoms with Crippen molar-refractivity contribution >= 4 is 21.4 Å². The maximum absolute atomic E-state index is 13.6. The second-order valence-corrected chi connectivity index (χ2v) is 5.82. The molecule has 0 aliphatic heterocycles. The standard InChI is InChI=1S/C13H13FN2O2S/c1-9-3-2-4-11(7-9)16-19(17,18)13-6-5-10(15)8-12(13)14/h2-8,16H,15H2,1H3. The van der Waals surface area contributed by atoms with Crippen LogP contribution < -0.4 is 10.5 Å². The number of sulfonamides is 1. The molecule has 0 spiro atoms. The normalized spacial score (nSPS) is 11.3. The summed E-state index contributed by atoms with van der Waals surface area (Å²) in [5, 5.41) is 0. The molecule has 3 N–H and O–H groups in total. The number of halogens is 1. The lowest BCUT2D eigenvalue weighted by Gasteiger charge is -2.09. The van der Waals surface area contributed by atoms with E-state index in [1.165, 1.54) is 6.07 Å². The predicted octanol–water partition coefficient (Wildman–Crippen LogP) is 2.52. The third-order valence-corrected chi connectivity index (χ3v) is 3.93. The van der Waals surface area contributed by atoms with E-state index in [9.17, 15) is 12.8 Å². The maximum atomic E-state index is 13.6. The fourth-order valence-corrected chi connectivity index (χ4v) is 2.76. The van der Waals surface area contributed by atoms with Crippen molar-refractivity contribution in [1.82, 2.24) is 0 Å². The van der Waals surface area contributed by atoms with Gasteiger partial charge < -0.3 is 5.73 Å². The van der Waals surface area contributed by atoms with Gasteiger partial charge in [-0.1, -0.05) is 12.1 Å². The fourth-order valence-electron chi connectivity index (χ4n) is 1.65. The van der Waals surface area contributed by atoms with Crippen molar-refractivity contribution in [2.75, 3.05) is 10.5 Å². The van der Waals surface area contributed by atoms with Gasteiger partial charge in [-0.15, -0.1) is 0 Å². The van der Waals surface area contributed by atoms with Crippen LogP contribution in [0.5, 0.6) is 0 Å². The number of rotatable bonds is 3. The van der Waals surface area contributed by atoms with E-state index in [2.05, 4.69) is 4.72 Å². The molecule has 2 aromatic rings. The van der Waals surface area contributed by atoms with Crippen molar-refractivity contribution < 1.29 is 12.8 Å². The molecular formula is C13H13FN2O2S. The lowest BCUT2D eigenvalue weighted by Crippen LogP contribution is -2.14. The molecule has 2 aromatic carbocycles. The second kappa shape index (κ2) is 4.89. The van der Waals surface area contributed by atoms with Crippen molar-refractivity contribution in [3.8, 4) is 0 Å². The average Bonchev–Trinajstić information content (AvgIpc) is 2.27. The van der Waals surface area contributed by atoms with Crippen LogP contribution in [0.1, 0.15) is 5.56 Å². The number of nitrogens with one attached hydrogen (secondary N) is 1. The Labute approximate surface area is 111 Å². The van der Waals surface area contributed by atoms with Gasteiger partial charge in [0.1, 0.15) is 10.7 Å². The Kier molecular flexibility index (Phi) is 3.44. The molecule has 19 heavy (non-hydrogen) atoms. The molecule has 0 saturated heterocycles. The van der Waals surface area contributed by atoms with Crippen LogP contribution in [0.3, 0.4) is 0 Å². The van der Waals surface area contributed by atoms with Crippen LogP contribution in [-0.4, -0.2) is 8.42 Å². The summed E-state index contributed by atoms with van der Waals surface area (Å²) in [5.74, 6) is -0.875. The molecule has 0 bridgehead atoms. The van der Waals surface area contributed by atoms with Crippen molar-refractivity contribution in [2.45, 2.75) is 11.8 Å². The summed E-state index contributed by atoms with van der Waals surface area (Å²) in [4.78, 5) is -0.428. The largest absolute Gasteiger partial charge is 0.399 e. The minimum Gasteiger partial charge on any atom is -0.399 e. The molecule has 0 aromatic heterocycles. The van der Waals surface area contributed by atoms with Gasteiger partial charge in [-0.05, 0) is 42.8 Å². The molecule has 0 fully saturated rings. The van der Waals surface area contributed by atoms with Crippen molar-refractivity contribution in [3.05, 3.63) is 53.8 Å². The number of aryl methyl sites for hydroxylation is 1. The fraction of sp³-hybridized carbons (Fsp3) is 0.0769. The average molecular weight is 280 g/mol. The van der Waals surface area contributed by atoms with E-state index in [-0.39, 0.29) is 5.69 Å². The molecule has 0 amide bonds. The summed E-state index contributed by atoms with van der Waals surface area (Å²) in [6, 6.07) is 10.3. The van der Waals surface area contributed by atoms with Crippen LogP contribution in [0.25, 0.3) is 0 Å². The molecule has 100 valence electrons. The molecular weight excluding hydrogens is 267 g/mol. The number of hydrogen-bond acceptors (Lipinski definition) is 3. The van der Waals surface area contributed by atoms with Gasteiger partial charge in [-0.2, -0.15) is 0 Å². The SMILES string of the molecule is Cc1cccc(NS(=O)(=O)c2ccc(N)cc2F)c1. The van der Waals surface area contributed by atoms with Gasteiger partial charge in [0.05, 0.1) is 0 Å². The first kappa shape index (κ1) is 13.4. The topological polar surface area (TPSA) is 72.2 Å². The summed E-state index contributed by atoms with van der Waals surface area (Å²) in [6.07, 6.45) is 0. The van der Waals surface area contributed by atoms with Gasteiger partial charge in [0.2, 0.25) is 0 Å². The van der Waals surface area contributed by atoms with Crippen LogP contribution in [0, 0.1) is 12.7 Å². The van der Waals surface area contributed by atoms with Crippen LogP contribution in [0.2, 0.25) is 0 Å². The number of benzene rings is 2. The summed E-state index contributed by atoms with van der Waals surface area (Å²) >= 11 is 0. The third-order valence-electron chi connectivity index (χ3n) is 2.52. The molecule has 0 aliphatic carbocycles. The number of hydrogen-bond donors (Lipinski definition) is 2. The summed E-state index contributed by atoms with van der Waals surface area (Å²) in [6.45, 7) is 1.83. The molecule has 4 nitrogen and oxygen atoms in total. The first-order chi connectivity index (χ1) is 8.88. The van der Waals surface area contributed by atoms with Crippen molar-refractivity contribution in [2.24, 2.45) is 0 Å². The van der Waals surface area contributed by atoms with Gasteiger partial charge >= 0.3 is 0 Å². The first-order valence-corrected chi connectivity index (χ1v) is 7.01. The van der Waals surface area contributed by atoms with E-state index >= 15 is 0 Å². The highest BCUT2D eigenvalue weighted by Crippen LogP contribution is 2.21. The number of nitrogens with two attached hydrogens (primary N) is 1. The first-order valence-electron chi connectivity index (χ1n) is 5.53. The van der Waals surface area contributed by atoms with E-state index in [0.29, 0.717) is 5.69 Å². The zero-order chi connectivity index (χ0) is 14.0. The highest BCUT2D eigenvalue weighted by atomic mass is 32.2. The van der Waals surface area contributed by atoms with Crippen LogP contribution >= 0.6 is 0 Å². The van der Waals surface area contributed by atoms with E-state index < -0.39 is 20.7 Å². The minimum atomic E-state index is -3.96. The Bertz CT molecular complexity index is 714. The third kappa shape index (κ3) is 3.03. The molecule has 0 heterocycles. The van der Waals surface area contributed by atoms with E-state index in [0.717, 1.165) is 17.7 Å². The van der Waals surface area contributed by atoms with E-state index in [1.807, 2.05) is 13.0 Å². The summed E-state index contributed by atoms with van der Waals surface area (Å²) in [7, 11) is -3.96. The second-order valence-electron chi connectivity index (χ2n) is 4.16. The Morgan fingerprint density at radius 2 is 1.89 bits per heavy atom. The smallest absolute Gasteiger partial charge is 0.264 e. The van der Waals surface area contributed by atoms with Gasteiger partial charge in [-0.25, -0.2) is 12.8 Å². The van der Waals surface area contributed by atoms with Crippen molar-refractivity contribution in [3.63, 3.8) is 0 Å². The Hall–Kier alpha value is -2.08. The minimum absolute atomic E-state index is 0.173. The molecule has 2 rings (SSSR count). The quantitative estimate of drug-likeness (QED) is 0.848. The van der Waals surface area contributed by atoms with Gasteiger partial charge in [0.15, 0.2) is 0 Å². The zero-order valence-corrected chi connectivity index (χ0v) is 11.0.